The van der Waals surface area contributed by atoms with Gasteiger partial charge in [0.2, 0.25) is 0 Å². The molecule has 1 aliphatic carbocycles. The molecule has 0 aromatic heterocycles. The number of likely N-dealkylation sites (tertiary alicyclic amines) is 1. The molecule has 0 spiro atoms. The summed E-state index contributed by atoms with van der Waals surface area (Å²) in [5.74, 6) is -0.360. The molecular weight excluding hydrogens is 220 g/mol. The van der Waals surface area contributed by atoms with Crippen molar-refractivity contribution in [2.24, 2.45) is 11.3 Å². The van der Waals surface area contributed by atoms with Crippen LogP contribution in [0.25, 0.3) is 0 Å². The van der Waals surface area contributed by atoms with Crippen molar-refractivity contribution in [3.63, 3.8) is 0 Å². The zero-order chi connectivity index (χ0) is 12.6. The minimum atomic E-state index is -0.899. The SMILES string of the molecule is CC1(C)CC1CNC(=O)N1CCC[C@@H]1C(=O)O. The first kappa shape index (κ1) is 12.2. The van der Waals surface area contributed by atoms with Gasteiger partial charge in [0.05, 0.1) is 0 Å². The molecule has 0 bridgehead atoms. The molecule has 17 heavy (non-hydrogen) atoms. The second-order valence-electron chi connectivity index (χ2n) is 5.77. The number of aliphatic carboxylic acids is 1. The number of hydrogen-bond donors (Lipinski definition) is 2. The molecule has 0 radical (unpaired) electrons. The van der Waals surface area contributed by atoms with Gasteiger partial charge in [-0.2, -0.15) is 0 Å². The Morgan fingerprint density at radius 1 is 1.47 bits per heavy atom. The van der Waals surface area contributed by atoms with Gasteiger partial charge in [0.25, 0.3) is 0 Å². The third kappa shape index (κ3) is 2.53. The molecule has 2 atom stereocenters. The average Bonchev–Trinajstić information content (AvgIpc) is 2.67. The normalized spacial score (nSPS) is 30.1. The van der Waals surface area contributed by atoms with E-state index in [0.29, 0.717) is 30.8 Å². The van der Waals surface area contributed by atoms with Crippen molar-refractivity contribution in [1.29, 1.82) is 0 Å². The minimum absolute atomic E-state index is 0.224. The van der Waals surface area contributed by atoms with Crippen LogP contribution in [0.3, 0.4) is 0 Å². The van der Waals surface area contributed by atoms with E-state index in [-0.39, 0.29) is 6.03 Å². The molecule has 2 aliphatic rings. The number of carbonyl (C=O) groups excluding carboxylic acids is 1. The number of carboxylic acid groups (broad SMARTS) is 1. The van der Waals surface area contributed by atoms with Crippen LogP contribution in [0.5, 0.6) is 0 Å². The second-order valence-corrected chi connectivity index (χ2v) is 5.77. The molecule has 96 valence electrons. The lowest BCUT2D eigenvalue weighted by Crippen LogP contribution is -2.46. The Labute approximate surface area is 101 Å². The van der Waals surface area contributed by atoms with Crippen LogP contribution in [-0.4, -0.2) is 41.1 Å². The Hall–Kier alpha value is -1.26. The first-order chi connectivity index (χ1) is 7.92. The summed E-state index contributed by atoms with van der Waals surface area (Å²) in [5.41, 5.74) is 0.338. The maximum Gasteiger partial charge on any atom is 0.326 e. The van der Waals surface area contributed by atoms with Crippen LogP contribution in [0.4, 0.5) is 4.79 Å². The number of hydrogen-bond acceptors (Lipinski definition) is 2. The molecule has 2 N–H and O–H groups in total. The Morgan fingerprint density at radius 2 is 2.12 bits per heavy atom. The summed E-state index contributed by atoms with van der Waals surface area (Å²) in [5, 5.41) is 11.8. The zero-order valence-electron chi connectivity index (χ0n) is 10.4. The average molecular weight is 240 g/mol. The van der Waals surface area contributed by atoms with E-state index in [9.17, 15) is 9.59 Å². The van der Waals surface area contributed by atoms with Gasteiger partial charge >= 0.3 is 12.0 Å². The van der Waals surface area contributed by atoms with E-state index in [0.717, 1.165) is 12.8 Å². The fourth-order valence-electron chi connectivity index (χ4n) is 2.50. The van der Waals surface area contributed by atoms with Gasteiger partial charge in [-0.25, -0.2) is 9.59 Å². The van der Waals surface area contributed by atoms with Crippen molar-refractivity contribution in [3.05, 3.63) is 0 Å². The first-order valence-corrected chi connectivity index (χ1v) is 6.19. The molecule has 1 unspecified atom stereocenters. The molecule has 5 heteroatoms. The van der Waals surface area contributed by atoms with Gasteiger partial charge in [-0.1, -0.05) is 13.8 Å². The van der Waals surface area contributed by atoms with Gasteiger partial charge in [0.1, 0.15) is 6.04 Å². The smallest absolute Gasteiger partial charge is 0.326 e. The Kier molecular flexibility index (Phi) is 3.02. The number of amides is 2. The lowest BCUT2D eigenvalue weighted by molar-refractivity contribution is -0.141. The highest BCUT2D eigenvalue weighted by Gasteiger charge is 2.45. The zero-order valence-corrected chi connectivity index (χ0v) is 10.4. The largest absolute Gasteiger partial charge is 0.480 e. The van der Waals surface area contributed by atoms with Crippen molar-refractivity contribution in [2.45, 2.75) is 39.2 Å². The van der Waals surface area contributed by atoms with Crippen LogP contribution in [-0.2, 0) is 4.79 Å². The van der Waals surface area contributed by atoms with Crippen LogP contribution in [0.2, 0.25) is 0 Å². The third-order valence-electron chi connectivity index (χ3n) is 4.02. The van der Waals surface area contributed by atoms with Crippen molar-refractivity contribution in [1.82, 2.24) is 10.2 Å². The summed E-state index contributed by atoms with van der Waals surface area (Å²) < 4.78 is 0. The van der Waals surface area contributed by atoms with Crippen LogP contribution < -0.4 is 5.32 Å². The fraction of sp³-hybridized carbons (Fsp3) is 0.833. The van der Waals surface area contributed by atoms with Gasteiger partial charge in [0, 0.05) is 13.1 Å². The number of carboxylic acids is 1. The van der Waals surface area contributed by atoms with Gasteiger partial charge in [-0.15, -0.1) is 0 Å². The Bertz CT molecular complexity index is 341. The minimum Gasteiger partial charge on any atom is -0.480 e. The number of carbonyl (C=O) groups is 2. The van der Waals surface area contributed by atoms with E-state index in [2.05, 4.69) is 19.2 Å². The quantitative estimate of drug-likeness (QED) is 0.781. The van der Waals surface area contributed by atoms with E-state index in [1.54, 1.807) is 0 Å². The van der Waals surface area contributed by atoms with E-state index in [4.69, 9.17) is 5.11 Å². The van der Waals surface area contributed by atoms with Crippen LogP contribution >= 0.6 is 0 Å². The van der Waals surface area contributed by atoms with Crippen LogP contribution in [0.1, 0.15) is 33.1 Å². The molecule has 1 saturated heterocycles. The predicted octanol–water partition coefficient (Wildman–Crippen LogP) is 1.29. The summed E-state index contributed by atoms with van der Waals surface area (Å²) >= 11 is 0. The number of nitrogens with zero attached hydrogens (tertiary/aromatic N) is 1. The standard InChI is InChI=1S/C12H20N2O3/c1-12(2)6-8(12)7-13-11(17)14-5-3-4-9(14)10(15)16/h8-9H,3-7H2,1-2H3,(H,13,17)(H,15,16)/t8?,9-/m1/s1. The van der Waals surface area contributed by atoms with E-state index >= 15 is 0 Å². The summed E-state index contributed by atoms with van der Waals surface area (Å²) in [6.45, 7) is 5.57. The highest BCUT2D eigenvalue weighted by Crippen LogP contribution is 2.50. The first-order valence-electron chi connectivity index (χ1n) is 6.19. The van der Waals surface area contributed by atoms with Crippen LogP contribution in [0.15, 0.2) is 0 Å². The summed E-state index contributed by atoms with van der Waals surface area (Å²) in [6.07, 6.45) is 2.48. The maximum atomic E-state index is 11.9. The summed E-state index contributed by atoms with van der Waals surface area (Å²) in [4.78, 5) is 24.2. The van der Waals surface area contributed by atoms with Crippen molar-refractivity contribution >= 4 is 12.0 Å². The highest BCUT2D eigenvalue weighted by molar-refractivity contribution is 5.83. The maximum absolute atomic E-state index is 11.9. The Balaban J connectivity index is 1.81. The topological polar surface area (TPSA) is 69.6 Å². The van der Waals surface area contributed by atoms with Gasteiger partial charge < -0.3 is 15.3 Å². The lowest BCUT2D eigenvalue weighted by atomic mass is 10.1. The van der Waals surface area contributed by atoms with Crippen molar-refractivity contribution in [3.8, 4) is 0 Å². The monoisotopic (exact) mass is 240 g/mol. The number of urea groups is 1. The number of nitrogens with one attached hydrogen (secondary N) is 1. The predicted molar refractivity (Wildman–Crippen MR) is 62.7 cm³/mol. The van der Waals surface area contributed by atoms with Gasteiger partial charge in [-0.05, 0) is 30.6 Å². The van der Waals surface area contributed by atoms with Crippen molar-refractivity contribution < 1.29 is 14.7 Å². The van der Waals surface area contributed by atoms with Crippen LogP contribution in [0, 0.1) is 11.3 Å². The molecule has 2 rings (SSSR count). The third-order valence-corrected chi connectivity index (χ3v) is 4.02. The molecule has 0 aromatic rings. The van der Waals surface area contributed by atoms with E-state index in [1.165, 1.54) is 4.90 Å². The molecule has 1 aliphatic heterocycles. The fourth-order valence-corrected chi connectivity index (χ4v) is 2.50. The second kappa shape index (κ2) is 4.20. The lowest BCUT2D eigenvalue weighted by Gasteiger charge is -2.22. The molecule has 2 fully saturated rings. The van der Waals surface area contributed by atoms with E-state index in [1.807, 2.05) is 0 Å². The van der Waals surface area contributed by atoms with Crippen molar-refractivity contribution in [2.75, 3.05) is 13.1 Å². The van der Waals surface area contributed by atoms with E-state index < -0.39 is 12.0 Å². The Morgan fingerprint density at radius 3 is 2.65 bits per heavy atom. The van der Waals surface area contributed by atoms with Gasteiger partial charge in [0.15, 0.2) is 0 Å². The molecule has 1 heterocycles. The molecule has 5 nitrogen and oxygen atoms in total. The molecule has 0 aromatic carbocycles. The molecule has 1 saturated carbocycles. The van der Waals surface area contributed by atoms with Gasteiger partial charge in [-0.3, -0.25) is 0 Å². The molecule has 2 amide bonds. The summed E-state index contributed by atoms with van der Waals surface area (Å²) in [6, 6.07) is -0.861. The summed E-state index contributed by atoms with van der Waals surface area (Å²) in [7, 11) is 0. The molecular formula is C12H20N2O3. The highest BCUT2D eigenvalue weighted by atomic mass is 16.4. The number of rotatable bonds is 3.